The summed E-state index contributed by atoms with van der Waals surface area (Å²) in [5.41, 5.74) is 0.185. The Morgan fingerprint density at radius 3 is 2.40 bits per heavy atom. The highest BCUT2D eigenvalue weighted by Crippen LogP contribution is 2.34. The Morgan fingerprint density at radius 1 is 1.05 bits per heavy atom. The lowest BCUT2D eigenvalue weighted by Crippen LogP contribution is -2.49. The number of esters is 1. The first-order valence-corrected chi connectivity index (χ1v) is 14.8. The number of nitrogens with one attached hydrogen (secondary N) is 1. The highest BCUT2D eigenvalue weighted by Gasteiger charge is 2.31. The molecule has 1 N–H and O–H groups in total. The van der Waals surface area contributed by atoms with Crippen LogP contribution in [-0.4, -0.2) is 108 Å². The van der Waals surface area contributed by atoms with Gasteiger partial charge in [0, 0.05) is 71.2 Å². The Balaban J connectivity index is 1.11. The van der Waals surface area contributed by atoms with Crippen molar-refractivity contribution in [2.75, 3.05) is 68.8 Å². The first-order chi connectivity index (χ1) is 20.4. The molecule has 0 bridgehead atoms. The third kappa shape index (κ3) is 7.00. The molecule has 4 amide bonds. The van der Waals surface area contributed by atoms with Crippen molar-refractivity contribution < 1.29 is 33.0 Å². The Kier molecular flexibility index (Phi) is 8.76. The molecule has 3 saturated heterocycles. The van der Waals surface area contributed by atoms with E-state index in [1.54, 1.807) is 44.9 Å². The number of amides is 4. The van der Waals surface area contributed by atoms with Crippen LogP contribution in [0.25, 0.3) is 10.9 Å². The van der Waals surface area contributed by atoms with E-state index >= 15 is 4.39 Å². The average Bonchev–Trinajstić information content (AvgIpc) is 3.28. The number of hydrogen-bond acceptors (Lipinski definition) is 9. The standard InChI is InChI=1S/C29H40FN7O6/c1-29(2,3)43-23(39)18-42-28(41)36-10-7-19(8-11-36)17-34-13-15-35(16-14-34)21-6-5-20-25(24(21)30)33(4)32-26(20)37-12-9-22(38)31-27(37)40/h5-6,19H,7-18H2,1-4H3,(H,31,38,40). The molecule has 0 aliphatic carbocycles. The van der Waals surface area contributed by atoms with E-state index in [9.17, 15) is 19.2 Å². The number of imide groups is 1. The number of aromatic nitrogens is 2. The van der Waals surface area contributed by atoms with E-state index in [2.05, 4.69) is 15.3 Å². The number of carbonyl (C=O) groups excluding carboxylic acids is 4. The van der Waals surface area contributed by atoms with Crippen LogP contribution in [0, 0.1) is 11.7 Å². The molecule has 1 aromatic carbocycles. The summed E-state index contributed by atoms with van der Waals surface area (Å²) >= 11 is 0. The summed E-state index contributed by atoms with van der Waals surface area (Å²) in [6.07, 6.45) is 1.36. The minimum Gasteiger partial charge on any atom is -0.457 e. The van der Waals surface area contributed by atoms with E-state index in [1.807, 2.05) is 4.90 Å². The van der Waals surface area contributed by atoms with Crippen LogP contribution < -0.4 is 15.1 Å². The van der Waals surface area contributed by atoms with Crippen molar-refractivity contribution >= 4 is 46.4 Å². The van der Waals surface area contributed by atoms with E-state index < -0.39 is 30.3 Å². The summed E-state index contributed by atoms with van der Waals surface area (Å²) in [5.74, 6) is -0.516. The smallest absolute Gasteiger partial charge is 0.410 e. The lowest BCUT2D eigenvalue weighted by molar-refractivity contribution is -0.158. The molecule has 3 aliphatic rings. The zero-order valence-electron chi connectivity index (χ0n) is 25.2. The fourth-order valence-corrected chi connectivity index (χ4v) is 5.92. The van der Waals surface area contributed by atoms with Crippen LogP contribution in [-0.2, 0) is 26.1 Å². The maximum absolute atomic E-state index is 15.8. The van der Waals surface area contributed by atoms with Crippen LogP contribution >= 0.6 is 0 Å². The number of piperazine rings is 1. The summed E-state index contributed by atoms with van der Waals surface area (Å²) in [6.45, 7) is 10.0. The Bertz CT molecular complexity index is 1390. The number of urea groups is 1. The number of likely N-dealkylation sites (tertiary alicyclic amines) is 1. The Hall–Kier alpha value is -3.94. The van der Waals surface area contributed by atoms with E-state index in [0.717, 1.165) is 32.5 Å². The first-order valence-electron chi connectivity index (χ1n) is 14.8. The molecule has 5 rings (SSSR count). The van der Waals surface area contributed by atoms with Crippen molar-refractivity contribution in [3.8, 4) is 0 Å². The van der Waals surface area contributed by atoms with Gasteiger partial charge in [-0.05, 0) is 51.7 Å². The van der Waals surface area contributed by atoms with Crippen LogP contribution in [0.2, 0.25) is 0 Å². The monoisotopic (exact) mass is 601 g/mol. The van der Waals surface area contributed by atoms with Crippen molar-refractivity contribution in [3.63, 3.8) is 0 Å². The highest BCUT2D eigenvalue weighted by molar-refractivity contribution is 6.09. The number of carbonyl (C=O) groups is 4. The number of benzene rings is 1. The minimum absolute atomic E-state index is 0.163. The molecule has 234 valence electrons. The van der Waals surface area contributed by atoms with Crippen LogP contribution in [0.15, 0.2) is 12.1 Å². The molecular weight excluding hydrogens is 561 g/mol. The van der Waals surface area contributed by atoms with Crippen molar-refractivity contribution in [1.29, 1.82) is 0 Å². The molecule has 1 aromatic heterocycles. The molecule has 0 radical (unpaired) electrons. The van der Waals surface area contributed by atoms with Gasteiger partial charge in [-0.1, -0.05) is 0 Å². The second-order valence-electron chi connectivity index (χ2n) is 12.4. The summed E-state index contributed by atoms with van der Waals surface area (Å²) in [5, 5.41) is 7.22. The molecule has 3 fully saturated rings. The number of halogens is 1. The zero-order valence-corrected chi connectivity index (χ0v) is 25.2. The van der Waals surface area contributed by atoms with Gasteiger partial charge in [-0.15, -0.1) is 0 Å². The lowest BCUT2D eigenvalue weighted by atomic mass is 9.96. The largest absolute Gasteiger partial charge is 0.457 e. The third-order valence-corrected chi connectivity index (χ3v) is 8.05. The number of anilines is 2. The van der Waals surface area contributed by atoms with Crippen LogP contribution in [0.1, 0.15) is 40.0 Å². The number of rotatable bonds is 6. The summed E-state index contributed by atoms with van der Waals surface area (Å²) < 4.78 is 27.6. The number of ether oxygens (including phenoxy) is 2. The van der Waals surface area contributed by atoms with Gasteiger partial charge in [-0.25, -0.2) is 18.8 Å². The number of aryl methyl sites for hydroxylation is 1. The average molecular weight is 602 g/mol. The van der Waals surface area contributed by atoms with E-state index in [1.165, 1.54) is 9.58 Å². The van der Waals surface area contributed by atoms with Gasteiger partial charge in [0.1, 0.15) is 11.1 Å². The van der Waals surface area contributed by atoms with Crippen molar-refractivity contribution in [2.45, 2.75) is 45.6 Å². The van der Waals surface area contributed by atoms with Crippen LogP contribution in [0.3, 0.4) is 0 Å². The predicted octanol–water partition coefficient (Wildman–Crippen LogP) is 2.47. The molecule has 0 atom stereocenters. The molecule has 43 heavy (non-hydrogen) atoms. The van der Waals surface area contributed by atoms with Gasteiger partial charge in [0.15, 0.2) is 18.2 Å². The van der Waals surface area contributed by atoms with Gasteiger partial charge in [-0.3, -0.25) is 24.6 Å². The van der Waals surface area contributed by atoms with Gasteiger partial charge in [0.2, 0.25) is 5.91 Å². The number of piperidine rings is 1. The zero-order chi connectivity index (χ0) is 30.9. The van der Waals surface area contributed by atoms with Crippen molar-refractivity contribution in [2.24, 2.45) is 13.0 Å². The maximum Gasteiger partial charge on any atom is 0.410 e. The molecule has 2 aromatic rings. The van der Waals surface area contributed by atoms with Crippen molar-refractivity contribution in [1.82, 2.24) is 24.9 Å². The van der Waals surface area contributed by atoms with E-state index in [4.69, 9.17) is 9.47 Å². The predicted molar refractivity (Wildman–Crippen MR) is 156 cm³/mol. The van der Waals surface area contributed by atoms with Gasteiger partial charge in [0.25, 0.3) is 0 Å². The normalized spacial score (nSPS) is 19.1. The molecule has 3 aliphatic heterocycles. The molecule has 0 unspecified atom stereocenters. The van der Waals surface area contributed by atoms with Gasteiger partial charge >= 0.3 is 18.1 Å². The highest BCUT2D eigenvalue weighted by atomic mass is 19.1. The van der Waals surface area contributed by atoms with Crippen molar-refractivity contribution in [3.05, 3.63) is 17.9 Å². The number of fused-ring (bicyclic) bond motifs is 1. The summed E-state index contributed by atoms with van der Waals surface area (Å²) in [6, 6.07) is 2.97. The SMILES string of the molecule is Cn1nc(N2CCC(=O)NC2=O)c2ccc(N3CCN(CC4CCN(C(=O)OCC(=O)OC(C)(C)C)CC4)CC3)c(F)c21. The molecule has 4 heterocycles. The third-order valence-electron chi connectivity index (χ3n) is 8.05. The second kappa shape index (κ2) is 12.3. The Morgan fingerprint density at radius 2 is 1.74 bits per heavy atom. The number of nitrogens with zero attached hydrogens (tertiary/aromatic N) is 6. The first kappa shape index (κ1) is 30.5. The quantitative estimate of drug-likeness (QED) is 0.497. The van der Waals surface area contributed by atoms with Gasteiger partial charge in [0.05, 0.1) is 5.69 Å². The lowest BCUT2D eigenvalue weighted by Gasteiger charge is -2.39. The molecule has 0 spiro atoms. The topological polar surface area (TPSA) is 130 Å². The molecular formula is C29H40FN7O6. The van der Waals surface area contributed by atoms with Gasteiger partial charge < -0.3 is 19.3 Å². The number of hydrogen-bond donors (Lipinski definition) is 1. The van der Waals surface area contributed by atoms with E-state index in [-0.39, 0.29) is 24.7 Å². The molecule has 0 saturated carbocycles. The minimum atomic E-state index is -0.629. The fraction of sp³-hybridized carbons (Fsp3) is 0.621. The second-order valence-corrected chi connectivity index (χ2v) is 12.4. The Labute approximate surface area is 249 Å². The fourth-order valence-electron chi connectivity index (χ4n) is 5.92. The molecule has 14 heteroatoms. The van der Waals surface area contributed by atoms with Gasteiger partial charge in [-0.2, -0.15) is 5.10 Å². The maximum atomic E-state index is 15.8. The van der Waals surface area contributed by atoms with Crippen LogP contribution in [0.4, 0.5) is 25.5 Å². The molecule has 13 nitrogen and oxygen atoms in total. The summed E-state index contributed by atoms with van der Waals surface area (Å²) in [4.78, 5) is 55.6. The van der Waals surface area contributed by atoms with Crippen LogP contribution in [0.5, 0.6) is 0 Å². The summed E-state index contributed by atoms with van der Waals surface area (Å²) in [7, 11) is 1.65. The van der Waals surface area contributed by atoms with E-state index in [0.29, 0.717) is 54.5 Å².